The van der Waals surface area contributed by atoms with Gasteiger partial charge in [0.25, 0.3) is 5.91 Å². The molecular weight excluding hydrogens is 220 g/mol. The van der Waals surface area contributed by atoms with E-state index in [1.54, 1.807) is 11.3 Å². The molecule has 1 aliphatic rings. The number of hydrogen-bond donors (Lipinski definition) is 1. The SMILES string of the molecule is CCc1ccc(C(=O)N2CCC(NC)C2)s1. The quantitative estimate of drug-likeness (QED) is 0.870. The van der Waals surface area contributed by atoms with Crippen LogP contribution in [-0.4, -0.2) is 37.0 Å². The molecule has 1 atom stereocenters. The van der Waals surface area contributed by atoms with E-state index in [9.17, 15) is 4.79 Å². The van der Waals surface area contributed by atoms with E-state index in [4.69, 9.17) is 0 Å². The van der Waals surface area contributed by atoms with Crippen LogP contribution in [-0.2, 0) is 6.42 Å². The monoisotopic (exact) mass is 238 g/mol. The molecule has 1 fully saturated rings. The van der Waals surface area contributed by atoms with Crippen molar-refractivity contribution in [2.45, 2.75) is 25.8 Å². The second kappa shape index (κ2) is 4.97. The number of likely N-dealkylation sites (tertiary alicyclic amines) is 1. The average Bonchev–Trinajstić information content (AvgIpc) is 2.97. The van der Waals surface area contributed by atoms with Crippen LogP contribution in [0.3, 0.4) is 0 Å². The van der Waals surface area contributed by atoms with Gasteiger partial charge in [0.15, 0.2) is 0 Å². The predicted octanol–water partition coefficient (Wildman–Crippen LogP) is 1.74. The van der Waals surface area contributed by atoms with Crippen LogP contribution in [0.5, 0.6) is 0 Å². The zero-order valence-corrected chi connectivity index (χ0v) is 10.6. The number of likely N-dealkylation sites (N-methyl/N-ethyl adjacent to an activating group) is 1. The fourth-order valence-corrected chi connectivity index (χ4v) is 2.93. The van der Waals surface area contributed by atoms with Gasteiger partial charge in [-0.25, -0.2) is 0 Å². The molecule has 1 amide bonds. The number of rotatable bonds is 3. The van der Waals surface area contributed by atoms with Crippen molar-refractivity contribution in [2.75, 3.05) is 20.1 Å². The van der Waals surface area contributed by atoms with Crippen LogP contribution in [0.15, 0.2) is 12.1 Å². The molecule has 88 valence electrons. The third-order valence-corrected chi connectivity index (χ3v) is 4.32. The van der Waals surface area contributed by atoms with Gasteiger partial charge in [-0.05, 0) is 32.0 Å². The summed E-state index contributed by atoms with van der Waals surface area (Å²) in [4.78, 5) is 16.3. The van der Waals surface area contributed by atoms with Gasteiger partial charge >= 0.3 is 0 Å². The summed E-state index contributed by atoms with van der Waals surface area (Å²) in [6, 6.07) is 4.48. The molecule has 0 saturated carbocycles. The lowest BCUT2D eigenvalue weighted by atomic mass is 10.3. The summed E-state index contributed by atoms with van der Waals surface area (Å²) in [5, 5.41) is 3.23. The molecule has 3 nitrogen and oxygen atoms in total. The minimum atomic E-state index is 0.197. The number of amides is 1. The van der Waals surface area contributed by atoms with E-state index in [1.807, 2.05) is 18.0 Å². The Morgan fingerprint density at radius 3 is 3.00 bits per heavy atom. The van der Waals surface area contributed by atoms with Gasteiger partial charge in [0.05, 0.1) is 4.88 Å². The number of thiophene rings is 1. The lowest BCUT2D eigenvalue weighted by Crippen LogP contribution is -2.33. The molecule has 1 aliphatic heterocycles. The zero-order valence-electron chi connectivity index (χ0n) is 9.82. The first-order valence-electron chi connectivity index (χ1n) is 5.79. The average molecular weight is 238 g/mol. The maximum Gasteiger partial charge on any atom is 0.263 e. The summed E-state index contributed by atoms with van der Waals surface area (Å²) in [5.74, 6) is 0.197. The molecule has 0 bridgehead atoms. The summed E-state index contributed by atoms with van der Waals surface area (Å²) in [6.07, 6.45) is 2.07. The normalized spacial score (nSPS) is 20.4. The van der Waals surface area contributed by atoms with Crippen LogP contribution in [0.2, 0.25) is 0 Å². The van der Waals surface area contributed by atoms with Crippen LogP contribution in [0.4, 0.5) is 0 Å². The van der Waals surface area contributed by atoms with Crippen LogP contribution in [0.25, 0.3) is 0 Å². The number of hydrogen-bond acceptors (Lipinski definition) is 3. The van der Waals surface area contributed by atoms with Crippen molar-refractivity contribution in [3.63, 3.8) is 0 Å². The number of nitrogens with zero attached hydrogens (tertiary/aromatic N) is 1. The summed E-state index contributed by atoms with van der Waals surface area (Å²) in [6.45, 7) is 3.84. The maximum atomic E-state index is 12.1. The lowest BCUT2D eigenvalue weighted by molar-refractivity contribution is 0.0794. The molecule has 1 aromatic rings. The number of nitrogens with one attached hydrogen (secondary N) is 1. The Morgan fingerprint density at radius 1 is 1.62 bits per heavy atom. The highest BCUT2D eigenvalue weighted by Crippen LogP contribution is 2.21. The van der Waals surface area contributed by atoms with Crippen LogP contribution >= 0.6 is 11.3 Å². The second-order valence-corrected chi connectivity index (χ2v) is 5.31. The summed E-state index contributed by atoms with van der Waals surface area (Å²) in [7, 11) is 1.96. The molecule has 0 aliphatic carbocycles. The Morgan fingerprint density at radius 2 is 2.44 bits per heavy atom. The van der Waals surface area contributed by atoms with Crippen molar-refractivity contribution in [1.82, 2.24) is 10.2 Å². The van der Waals surface area contributed by atoms with E-state index in [2.05, 4.69) is 18.3 Å². The van der Waals surface area contributed by atoms with E-state index in [1.165, 1.54) is 4.88 Å². The standard InChI is InChI=1S/C12H18N2OS/c1-3-10-4-5-11(16-10)12(15)14-7-6-9(8-14)13-2/h4-5,9,13H,3,6-8H2,1-2H3. The first-order valence-corrected chi connectivity index (χ1v) is 6.61. The van der Waals surface area contributed by atoms with E-state index < -0.39 is 0 Å². The predicted molar refractivity (Wildman–Crippen MR) is 67.1 cm³/mol. The zero-order chi connectivity index (χ0) is 11.5. The molecule has 1 N–H and O–H groups in total. The molecule has 0 aromatic carbocycles. The Balaban J connectivity index is 2.02. The van der Waals surface area contributed by atoms with Crippen molar-refractivity contribution >= 4 is 17.2 Å². The van der Waals surface area contributed by atoms with Gasteiger partial charge in [-0.3, -0.25) is 4.79 Å². The van der Waals surface area contributed by atoms with E-state index in [-0.39, 0.29) is 5.91 Å². The highest BCUT2D eigenvalue weighted by molar-refractivity contribution is 7.14. The third kappa shape index (κ3) is 2.28. The van der Waals surface area contributed by atoms with Crippen molar-refractivity contribution in [3.8, 4) is 0 Å². The largest absolute Gasteiger partial charge is 0.336 e. The number of aryl methyl sites for hydroxylation is 1. The van der Waals surface area contributed by atoms with Crippen LogP contribution < -0.4 is 5.32 Å². The first-order chi connectivity index (χ1) is 7.74. The molecule has 0 spiro atoms. The number of carbonyl (C=O) groups excluding carboxylic acids is 1. The minimum Gasteiger partial charge on any atom is -0.336 e. The third-order valence-electron chi connectivity index (χ3n) is 3.10. The van der Waals surface area contributed by atoms with Crippen LogP contribution in [0, 0.1) is 0 Å². The van der Waals surface area contributed by atoms with Gasteiger partial charge in [-0.2, -0.15) is 0 Å². The Hall–Kier alpha value is -0.870. The second-order valence-electron chi connectivity index (χ2n) is 4.14. The highest BCUT2D eigenvalue weighted by atomic mass is 32.1. The smallest absolute Gasteiger partial charge is 0.263 e. The summed E-state index contributed by atoms with van der Waals surface area (Å²) in [5.41, 5.74) is 0. The molecule has 1 aromatic heterocycles. The Labute approximate surface area is 100 Å². The van der Waals surface area contributed by atoms with E-state index in [0.717, 1.165) is 30.8 Å². The van der Waals surface area contributed by atoms with Crippen molar-refractivity contribution in [1.29, 1.82) is 0 Å². The summed E-state index contributed by atoms with van der Waals surface area (Å²) >= 11 is 1.63. The maximum absolute atomic E-state index is 12.1. The van der Waals surface area contributed by atoms with E-state index in [0.29, 0.717) is 6.04 Å². The van der Waals surface area contributed by atoms with E-state index >= 15 is 0 Å². The fourth-order valence-electron chi connectivity index (χ4n) is 2.02. The van der Waals surface area contributed by atoms with Gasteiger partial charge in [0, 0.05) is 24.0 Å². The molecular formula is C12H18N2OS. The Bertz CT molecular complexity index is 375. The molecule has 4 heteroatoms. The van der Waals surface area contributed by atoms with Gasteiger partial charge < -0.3 is 10.2 Å². The molecule has 2 rings (SSSR count). The summed E-state index contributed by atoms with van der Waals surface area (Å²) < 4.78 is 0. The van der Waals surface area contributed by atoms with Crippen molar-refractivity contribution < 1.29 is 4.79 Å². The molecule has 2 heterocycles. The lowest BCUT2D eigenvalue weighted by Gasteiger charge is -2.15. The van der Waals surface area contributed by atoms with Gasteiger partial charge in [0.2, 0.25) is 0 Å². The topological polar surface area (TPSA) is 32.3 Å². The van der Waals surface area contributed by atoms with Gasteiger partial charge in [0.1, 0.15) is 0 Å². The fraction of sp³-hybridized carbons (Fsp3) is 0.583. The van der Waals surface area contributed by atoms with Crippen LogP contribution in [0.1, 0.15) is 27.9 Å². The highest BCUT2D eigenvalue weighted by Gasteiger charge is 2.26. The molecule has 0 radical (unpaired) electrons. The van der Waals surface area contributed by atoms with Gasteiger partial charge in [-0.15, -0.1) is 11.3 Å². The molecule has 1 saturated heterocycles. The van der Waals surface area contributed by atoms with Gasteiger partial charge in [-0.1, -0.05) is 6.92 Å². The minimum absolute atomic E-state index is 0.197. The number of carbonyl (C=O) groups is 1. The molecule has 16 heavy (non-hydrogen) atoms. The Kier molecular flexibility index (Phi) is 3.61. The van der Waals surface area contributed by atoms with Crippen molar-refractivity contribution in [3.05, 3.63) is 21.9 Å². The van der Waals surface area contributed by atoms with Crippen molar-refractivity contribution in [2.24, 2.45) is 0 Å². The molecule has 1 unspecified atom stereocenters. The first kappa shape index (κ1) is 11.6.